The Kier molecular flexibility index (Phi) is 5.42. The number of aromatic nitrogens is 3. The number of hydrogen-bond acceptors (Lipinski definition) is 8. The smallest absolute Gasteiger partial charge is 0.240 e. The zero-order valence-electron chi connectivity index (χ0n) is 15.0. The van der Waals surface area contributed by atoms with Crippen molar-refractivity contribution >= 4 is 16.5 Å². The number of rotatable bonds is 6. The minimum absolute atomic E-state index is 0.235. The van der Waals surface area contributed by atoms with Gasteiger partial charge in [0.15, 0.2) is 11.0 Å². The minimum atomic E-state index is -0.235. The van der Waals surface area contributed by atoms with Gasteiger partial charge in [-0.2, -0.15) is 4.98 Å². The minimum Gasteiger partial charge on any atom is -0.377 e. The molecule has 1 aliphatic rings. The van der Waals surface area contributed by atoms with Gasteiger partial charge in [0.1, 0.15) is 12.4 Å². The number of hydrogen-bond donors (Lipinski definition) is 0. The van der Waals surface area contributed by atoms with E-state index < -0.39 is 0 Å². The van der Waals surface area contributed by atoms with E-state index in [1.165, 1.54) is 12.1 Å². The van der Waals surface area contributed by atoms with Crippen molar-refractivity contribution in [1.29, 1.82) is 0 Å². The fraction of sp³-hybridized carbons (Fsp3) is 0.389. The van der Waals surface area contributed by atoms with Crippen LogP contribution in [-0.4, -0.2) is 53.3 Å². The van der Waals surface area contributed by atoms with Crippen LogP contribution in [0, 0.1) is 5.82 Å². The van der Waals surface area contributed by atoms with Gasteiger partial charge in [-0.25, -0.2) is 9.37 Å². The number of benzene rings is 1. The Labute approximate surface area is 160 Å². The lowest BCUT2D eigenvalue weighted by atomic mass is 10.2. The van der Waals surface area contributed by atoms with E-state index in [9.17, 15) is 4.39 Å². The van der Waals surface area contributed by atoms with Gasteiger partial charge in [-0.3, -0.25) is 4.90 Å². The molecule has 0 unspecified atom stereocenters. The molecule has 3 aromatic rings. The summed E-state index contributed by atoms with van der Waals surface area (Å²) in [5.74, 6) is 0.950. The van der Waals surface area contributed by atoms with Crippen LogP contribution in [0.25, 0.3) is 11.3 Å². The molecule has 3 heterocycles. The Morgan fingerprint density at radius 3 is 2.67 bits per heavy atom. The number of methoxy groups -OCH3 is 1. The third-order valence-corrected chi connectivity index (χ3v) is 5.32. The number of halogens is 1. The molecule has 0 aliphatic carbocycles. The predicted octanol–water partition coefficient (Wildman–Crippen LogP) is 2.80. The van der Waals surface area contributed by atoms with Crippen LogP contribution in [0.5, 0.6) is 0 Å². The Balaban J connectivity index is 1.33. The monoisotopic (exact) mass is 389 g/mol. The second-order valence-corrected chi connectivity index (χ2v) is 7.16. The molecule has 1 fully saturated rings. The Morgan fingerprint density at radius 2 is 1.93 bits per heavy atom. The lowest BCUT2D eigenvalue weighted by molar-refractivity contribution is 0.174. The molecule has 0 atom stereocenters. The fourth-order valence-corrected chi connectivity index (χ4v) is 3.88. The number of piperazine rings is 1. The normalized spacial score (nSPS) is 15.4. The van der Waals surface area contributed by atoms with Gasteiger partial charge >= 0.3 is 0 Å². The first-order valence-corrected chi connectivity index (χ1v) is 9.58. The van der Waals surface area contributed by atoms with Crippen molar-refractivity contribution in [3.8, 4) is 11.3 Å². The van der Waals surface area contributed by atoms with Crippen molar-refractivity contribution in [1.82, 2.24) is 20.0 Å². The van der Waals surface area contributed by atoms with E-state index in [2.05, 4.69) is 19.9 Å². The first-order chi connectivity index (χ1) is 13.2. The molecule has 0 spiro atoms. The number of nitrogens with zero attached hydrogens (tertiary/aromatic N) is 5. The maximum atomic E-state index is 13.1. The van der Waals surface area contributed by atoms with Crippen molar-refractivity contribution in [2.45, 2.75) is 13.2 Å². The summed E-state index contributed by atoms with van der Waals surface area (Å²) in [6.07, 6.45) is 0. The van der Waals surface area contributed by atoms with E-state index in [0.29, 0.717) is 24.9 Å². The second-order valence-electron chi connectivity index (χ2n) is 6.32. The molecule has 7 nitrogen and oxygen atoms in total. The molecule has 0 amide bonds. The maximum absolute atomic E-state index is 13.1. The van der Waals surface area contributed by atoms with Crippen LogP contribution in [-0.2, 0) is 17.9 Å². The van der Waals surface area contributed by atoms with E-state index >= 15 is 0 Å². The largest absolute Gasteiger partial charge is 0.377 e. The molecular formula is C18H20FN5O2S. The van der Waals surface area contributed by atoms with Crippen LogP contribution >= 0.6 is 11.3 Å². The topological polar surface area (TPSA) is 67.5 Å². The zero-order chi connectivity index (χ0) is 18.6. The highest BCUT2D eigenvalue weighted by Gasteiger charge is 2.21. The third-order valence-electron chi connectivity index (χ3n) is 4.42. The molecule has 0 saturated carbocycles. The van der Waals surface area contributed by atoms with Crippen LogP contribution in [0.3, 0.4) is 0 Å². The molecule has 27 heavy (non-hydrogen) atoms. The average Bonchev–Trinajstić information content (AvgIpc) is 3.33. The molecule has 0 N–H and O–H groups in total. The van der Waals surface area contributed by atoms with Crippen LogP contribution in [0.4, 0.5) is 9.52 Å². The van der Waals surface area contributed by atoms with Crippen molar-refractivity contribution in [3.63, 3.8) is 0 Å². The van der Waals surface area contributed by atoms with Gasteiger partial charge < -0.3 is 14.2 Å². The molecule has 0 radical (unpaired) electrons. The van der Waals surface area contributed by atoms with E-state index in [1.807, 2.05) is 5.38 Å². The summed E-state index contributed by atoms with van der Waals surface area (Å²) in [4.78, 5) is 13.6. The predicted molar refractivity (Wildman–Crippen MR) is 100 cm³/mol. The molecule has 1 saturated heterocycles. The highest BCUT2D eigenvalue weighted by atomic mass is 32.1. The number of thiazole rings is 1. The van der Waals surface area contributed by atoms with Crippen molar-refractivity contribution in [2.75, 3.05) is 38.2 Å². The van der Waals surface area contributed by atoms with Gasteiger partial charge in [-0.15, -0.1) is 11.3 Å². The van der Waals surface area contributed by atoms with Crippen LogP contribution in [0.1, 0.15) is 11.7 Å². The maximum Gasteiger partial charge on any atom is 0.240 e. The lowest BCUT2D eigenvalue weighted by Gasteiger charge is -2.33. The molecule has 1 aliphatic heterocycles. The first-order valence-electron chi connectivity index (χ1n) is 8.70. The summed E-state index contributed by atoms with van der Waals surface area (Å²) < 4.78 is 23.3. The Bertz CT molecular complexity index is 874. The van der Waals surface area contributed by atoms with Crippen LogP contribution in [0.15, 0.2) is 34.2 Å². The van der Waals surface area contributed by atoms with Crippen molar-refractivity contribution < 1.29 is 13.7 Å². The van der Waals surface area contributed by atoms with Gasteiger partial charge in [-0.05, 0) is 24.3 Å². The summed E-state index contributed by atoms with van der Waals surface area (Å²) in [5.41, 5.74) is 1.81. The van der Waals surface area contributed by atoms with Gasteiger partial charge in [0, 0.05) is 44.2 Å². The molecule has 142 valence electrons. The molecule has 0 bridgehead atoms. The molecular weight excluding hydrogens is 369 g/mol. The van der Waals surface area contributed by atoms with Gasteiger partial charge in [-0.1, -0.05) is 5.16 Å². The first kappa shape index (κ1) is 18.0. The molecule has 4 rings (SSSR count). The van der Waals surface area contributed by atoms with E-state index in [4.69, 9.17) is 14.2 Å². The quantitative estimate of drug-likeness (QED) is 0.642. The van der Waals surface area contributed by atoms with E-state index in [0.717, 1.165) is 42.6 Å². The lowest BCUT2D eigenvalue weighted by Crippen LogP contribution is -2.46. The van der Waals surface area contributed by atoms with Gasteiger partial charge in [0.2, 0.25) is 5.89 Å². The van der Waals surface area contributed by atoms with E-state index in [1.54, 1.807) is 30.6 Å². The van der Waals surface area contributed by atoms with Crippen LogP contribution in [0.2, 0.25) is 0 Å². The molecule has 9 heteroatoms. The molecule has 1 aromatic carbocycles. The van der Waals surface area contributed by atoms with Crippen molar-refractivity contribution in [2.24, 2.45) is 0 Å². The highest BCUT2D eigenvalue weighted by Crippen LogP contribution is 2.28. The highest BCUT2D eigenvalue weighted by molar-refractivity contribution is 7.14. The fourth-order valence-electron chi connectivity index (χ4n) is 2.99. The third kappa shape index (κ3) is 4.32. The summed E-state index contributed by atoms with van der Waals surface area (Å²) in [6.45, 7) is 4.56. The Morgan fingerprint density at radius 1 is 1.15 bits per heavy atom. The number of anilines is 1. The van der Waals surface area contributed by atoms with Gasteiger partial charge in [0.25, 0.3) is 0 Å². The summed E-state index contributed by atoms with van der Waals surface area (Å²) in [7, 11) is 1.61. The second kappa shape index (κ2) is 8.12. The van der Waals surface area contributed by atoms with Gasteiger partial charge in [0.05, 0.1) is 12.2 Å². The standard InChI is InChI=1S/C18H20FN5O2S/c1-25-11-16-21-17(26-22-16)10-23-6-8-24(9-7-23)18-20-15(12-27-18)13-2-4-14(19)5-3-13/h2-5,12H,6-11H2,1H3. The van der Waals surface area contributed by atoms with E-state index in [-0.39, 0.29) is 5.82 Å². The summed E-state index contributed by atoms with van der Waals surface area (Å²) in [6, 6.07) is 6.44. The average molecular weight is 389 g/mol. The summed E-state index contributed by atoms with van der Waals surface area (Å²) in [5, 5.41) is 6.90. The SMILES string of the molecule is COCc1noc(CN2CCN(c3nc(-c4ccc(F)cc4)cs3)CC2)n1. The molecule has 2 aromatic heterocycles. The summed E-state index contributed by atoms with van der Waals surface area (Å²) >= 11 is 1.62. The number of ether oxygens (including phenoxy) is 1. The van der Waals surface area contributed by atoms with Crippen LogP contribution < -0.4 is 4.90 Å². The van der Waals surface area contributed by atoms with Crippen molar-refractivity contribution in [3.05, 3.63) is 47.2 Å². The Hall–Kier alpha value is -2.36. The zero-order valence-corrected chi connectivity index (χ0v) is 15.8.